The van der Waals surface area contributed by atoms with E-state index in [1.54, 1.807) is 36.4 Å². The number of nitrogens with zero attached hydrogens (tertiary/aromatic N) is 1. The van der Waals surface area contributed by atoms with Gasteiger partial charge in [0.2, 0.25) is 0 Å². The standard InChI is InChI=1S/C27H27N3O5/c31-25(17-35-23-4-1-3-21(15-23)29-27(33)24-5-2-14-34-24)30(22-12-13-22)16-18-6-8-19(9-7-18)26(32)28-20-10-11-20/h1-9,14-15,20,22H,10-13,16-17H2,(H,28,32)(H,29,33). The van der Waals surface area contributed by atoms with Crippen LogP contribution in [0.3, 0.4) is 0 Å². The molecule has 2 aromatic carbocycles. The average molecular weight is 474 g/mol. The summed E-state index contributed by atoms with van der Waals surface area (Å²) in [6, 6.07) is 18.1. The van der Waals surface area contributed by atoms with Crippen molar-refractivity contribution in [3.63, 3.8) is 0 Å². The summed E-state index contributed by atoms with van der Waals surface area (Å²) in [4.78, 5) is 39.2. The zero-order valence-corrected chi connectivity index (χ0v) is 19.2. The highest BCUT2D eigenvalue weighted by molar-refractivity contribution is 6.02. The van der Waals surface area contributed by atoms with Gasteiger partial charge >= 0.3 is 0 Å². The summed E-state index contributed by atoms with van der Waals surface area (Å²) in [6.45, 7) is 0.366. The minimum absolute atomic E-state index is 0.0508. The number of rotatable bonds is 10. The van der Waals surface area contributed by atoms with Crippen molar-refractivity contribution in [2.45, 2.75) is 44.3 Å². The van der Waals surface area contributed by atoms with Gasteiger partial charge in [-0.05, 0) is 67.6 Å². The molecule has 8 heteroatoms. The van der Waals surface area contributed by atoms with Crippen LogP contribution in [-0.2, 0) is 11.3 Å². The molecule has 2 saturated carbocycles. The fourth-order valence-corrected chi connectivity index (χ4v) is 3.75. The van der Waals surface area contributed by atoms with Crippen LogP contribution >= 0.6 is 0 Å². The molecule has 8 nitrogen and oxygen atoms in total. The quantitative estimate of drug-likeness (QED) is 0.464. The first kappa shape index (κ1) is 22.7. The van der Waals surface area contributed by atoms with E-state index in [1.165, 1.54) is 6.26 Å². The SMILES string of the molecule is O=C(NC1CC1)c1ccc(CN(C(=O)COc2cccc(NC(=O)c3ccco3)c2)C2CC2)cc1. The minimum atomic E-state index is -0.362. The molecule has 2 aliphatic carbocycles. The van der Waals surface area contributed by atoms with Gasteiger partial charge in [-0.3, -0.25) is 14.4 Å². The number of furan rings is 1. The highest BCUT2D eigenvalue weighted by Crippen LogP contribution is 2.29. The van der Waals surface area contributed by atoms with Gasteiger partial charge in [0.15, 0.2) is 12.4 Å². The fourth-order valence-electron chi connectivity index (χ4n) is 3.75. The number of hydrogen-bond acceptors (Lipinski definition) is 5. The lowest BCUT2D eigenvalue weighted by atomic mass is 10.1. The van der Waals surface area contributed by atoms with Gasteiger partial charge in [-0.2, -0.15) is 0 Å². The number of nitrogens with one attached hydrogen (secondary N) is 2. The Bertz CT molecular complexity index is 1200. The molecule has 1 aromatic heterocycles. The molecule has 0 aliphatic heterocycles. The molecule has 2 aliphatic rings. The van der Waals surface area contributed by atoms with Gasteiger partial charge in [0.1, 0.15) is 5.75 Å². The van der Waals surface area contributed by atoms with E-state index in [0.29, 0.717) is 29.6 Å². The normalized spacial score (nSPS) is 14.7. The van der Waals surface area contributed by atoms with E-state index in [2.05, 4.69) is 10.6 Å². The molecule has 180 valence electrons. The van der Waals surface area contributed by atoms with Crippen LogP contribution in [0, 0.1) is 0 Å². The first-order chi connectivity index (χ1) is 17.0. The zero-order chi connectivity index (χ0) is 24.2. The number of ether oxygens (including phenoxy) is 1. The van der Waals surface area contributed by atoms with Gasteiger partial charge in [-0.25, -0.2) is 0 Å². The summed E-state index contributed by atoms with van der Waals surface area (Å²) in [5.41, 5.74) is 2.14. The van der Waals surface area contributed by atoms with E-state index in [0.717, 1.165) is 31.2 Å². The predicted octanol–water partition coefficient (Wildman–Crippen LogP) is 3.99. The molecule has 0 unspecified atom stereocenters. The summed E-state index contributed by atoms with van der Waals surface area (Å²) >= 11 is 0. The van der Waals surface area contributed by atoms with Crippen LogP contribution in [0.15, 0.2) is 71.3 Å². The Morgan fingerprint density at radius 1 is 0.943 bits per heavy atom. The van der Waals surface area contributed by atoms with Crippen LogP contribution in [0.1, 0.15) is 52.2 Å². The number of carbonyl (C=O) groups excluding carboxylic acids is 3. The Hall–Kier alpha value is -4.07. The van der Waals surface area contributed by atoms with Crippen LogP contribution in [0.4, 0.5) is 5.69 Å². The molecule has 0 radical (unpaired) electrons. The predicted molar refractivity (Wildman–Crippen MR) is 129 cm³/mol. The van der Waals surface area contributed by atoms with E-state index >= 15 is 0 Å². The molecule has 2 N–H and O–H groups in total. The molecule has 1 heterocycles. The van der Waals surface area contributed by atoms with Gasteiger partial charge < -0.3 is 24.7 Å². The molecule has 0 bridgehead atoms. The Balaban J connectivity index is 1.16. The van der Waals surface area contributed by atoms with Gasteiger partial charge in [0.05, 0.1) is 6.26 Å². The van der Waals surface area contributed by atoms with Crippen molar-refractivity contribution in [2.24, 2.45) is 0 Å². The van der Waals surface area contributed by atoms with Crippen molar-refractivity contribution in [3.8, 4) is 5.75 Å². The molecule has 5 rings (SSSR count). The summed E-state index contributed by atoms with van der Waals surface area (Å²) in [7, 11) is 0. The lowest BCUT2D eigenvalue weighted by Crippen LogP contribution is -2.36. The molecule has 35 heavy (non-hydrogen) atoms. The smallest absolute Gasteiger partial charge is 0.291 e. The third-order valence-corrected chi connectivity index (χ3v) is 5.99. The molecule has 3 aromatic rings. The Morgan fingerprint density at radius 3 is 2.43 bits per heavy atom. The topological polar surface area (TPSA) is 101 Å². The van der Waals surface area contributed by atoms with E-state index < -0.39 is 0 Å². The molecule has 0 saturated heterocycles. The zero-order valence-electron chi connectivity index (χ0n) is 19.2. The largest absolute Gasteiger partial charge is 0.484 e. The lowest BCUT2D eigenvalue weighted by molar-refractivity contribution is -0.134. The third kappa shape index (κ3) is 6.09. The summed E-state index contributed by atoms with van der Waals surface area (Å²) in [5.74, 6) is 0.179. The maximum Gasteiger partial charge on any atom is 0.291 e. The van der Waals surface area contributed by atoms with Crippen LogP contribution in [-0.4, -0.2) is 41.3 Å². The molecular weight excluding hydrogens is 446 g/mol. The first-order valence-electron chi connectivity index (χ1n) is 11.8. The third-order valence-electron chi connectivity index (χ3n) is 5.99. The second kappa shape index (κ2) is 10.0. The van der Waals surface area contributed by atoms with E-state index in [4.69, 9.17) is 9.15 Å². The number of carbonyl (C=O) groups is 3. The molecule has 2 fully saturated rings. The van der Waals surface area contributed by atoms with Crippen molar-refractivity contribution >= 4 is 23.4 Å². The molecule has 0 spiro atoms. The van der Waals surface area contributed by atoms with Crippen LogP contribution in [0.2, 0.25) is 0 Å². The van der Waals surface area contributed by atoms with Crippen LogP contribution in [0.5, 0.6) is 5.75 Å². The second-order valence-corrected chi connectivity index (χ2v) is 8.95. The number of anilines is 1. The number of hydrogen-bond donors (Lipinski definition) is 2. The van der Waals surface area contributed by atoms with Crippen molar-refractivity contribution in [1.29, 1.82) is 0 Å². The summed E-state index contributed by atoms with van der Waals surface area (Å²) in [5, 5.41) is 5.73. The highest BCUT2D eigenvalue weighted by Gasteiger charge is 2.32. The van der Waals surface area contributed by atoms with Gasteiger partial charge in [-0.1, -0.05) is 18.2 Å². The highest BCUT2D eigenvalue weighted by atomic mass is 16.5. The Labute approximate surface area is 203 Å². The van der Waals surface area contributed by atoms with Crippen molar-refractivity contribution in [2.75, 3.05) is 11.9 Å². The van der Waals surface area contributed by atoms with E-state index in [9.17, 15) is 14.4 Å². The minimum Gasteiger partial charge on any atom is -0.484 e. The van der Waals surface area contributed by atoms with Crippen LogP contribution < -0.4 is 15.4 Å². The van der Waals surface area contributed by atoms with E-state index in [1.807, 2.05) is 29.2 Å². The van der Waals surface area contributed by atoms with Crippen molar-refractivity contribution in [3.05, 3.63) is 83.8 Å². The molecule has 0 atom stereocenters. The van der Waals surface area contributed by atoms with Gasteiger partial charge in [-0.15, -0.1) is 0 Å². The van der Waals surface area contributed by atoms with E-state index in [-0.39, 0.29) is 36.1 Å². The Kier molecular flexibility index (Phi) is 6.52. The van der Waals surface area contributed by atoms with Crippen molar-refractivity contribution < 1.29 is 23.5 Å². The summed E-state index contributed by atoms with van der Waals surface area (Å²) < 4.78 is 10.9. The Morgan fingerprint density at radius 2 is 1.74 bits per heavy atom. The van der Waals surface area contributed by atoms with Crippen molar-refractivity contribution in [1.82, 2.24) is 10.2 Å². The molecule has 3 amide bonds. The maximum absolute atomic E-state index is 13.0. The lowest BCUT2D eigenvalue weighted by Gasteiger charge is -2.23. The van der Waals surface area contributed by atoms with Gasteiger partial charge in [0, 0.05) is 35.9 Å². The van der Waals surface area contributed by atoms with Crippen LogP contribution in [0.25, 0.3) is 0 Å². The second-order valence-electron chi connectivity index (χ2n) is 8.95. The summed E-state index contributed by atoms with van der Waals surface area (Å²) in [6.07, 6.45) is 5.48. The molecular formula is C27H27N3O5. The first-order valence-corrected chi connectivity index (χ1v) is 11.8. The fraction of sp³-hybridized carbons (Fsp3) is 0.296. The van der Waals surface area contributed by atoms with Gasteiger partial charge in [0.25, 0.3) is 17.7 Å². The number of benzene rings is 2. The maximum atomic E-state index is 13.0. The average Bonchev–Trinajstić information content (AvgIpc) is 3.81. The monoisotopic (exact) mass is 473 g/mol. The number of amides is 3.